The standard InChI is InChI=1S/C12H16F2N2O3S.ClH/c13-12(14)9-19-10-1-3-11(4-2-10)20(17,18)16-7-5-15-6-8-16;/h1-4,12,15H,5-9H2;1H. The lowest BCUT2D eigenvalue weighted by atomic mass is 10.3. The van der Waals surface area contributed by atoms with Crippen LogP contribution in [0.4, 0.5) is 8.78 Å². The first-order valence-corrected chi connectivity index (χ1v) is 7.66. The number of hydrogen-bond donors (Lipinski definition) is 1. The summed E-state index contributed by atoms with van der Waals surface area (Å²) in [6.45, 7) is 1.38. The van der Waals surface area contributed by atoms with Gasteiger partial charge in [0.1, 0.15) is 12.4 Å². The van der Waals surface area contributed by atoms with Gasteiger partial charge in [-0.15, -0.1) is 12.4 Å². The molecule has 1 N–H and O–H groups in total. The number of rotatable bonds is 5. The molecule has 1 aromatic rings. The van der Waals surface area contributed by atoms with E-state index < -0.39 is 23.1 Å². The summed E-state index contributed by atoms with van der Waals surface area (Å²) in [6.07, 6.45) is -2.56. The average molecular weight is 343 g/mol. The van der Waals surface area contributed by atoms with Crippen LogP contribution in [0.15, 0.2) is 29.2 Å². The van der Waals surface area contributed by atoms with Gasteiger partial charge in [0.2, 0.25) is 10.0 Å². The lowest BCUT2D eigenvalue weighted by Crippen LogP contribution is -2.46. The number of nitrogens with zero attached hydrogens (tertiary/aromatic N) is 1. The van der Waals surface area contributed by atoms with Gasteiger partial charge in [0.05, 0.1) is 4.90 Å². The van der Waals surface area contributed by atoms with Crippen molar-refractivity contribution < 1.29 is 21.9 Å². The molecule has 0 spiro atoms. The minimum absolute atomic E-state index is 0. The predicted octanol–water partition coefficient (Wildman–Crippen LogP) is 1.35. The molecular weight excluding hydrogens is 326 g/mol. The van der Waals surface area contributed by atoms with Gasteiger partial charge in [0.15, 0.2) is 0 Å². The maximum absolute atomic E-state index is 12.3. The van der Waals surface area contributed by atoms with Crippen molar-refractivity contribution in [2.45, 2.75) is 11.3 Å². The van der Waals surface area contributed by atoms with Gasteiger partial charge in [-0.3, -0.25) is 0 Å². The molecule has 2 rings (SSSR count). The molecule has 1 aliphatic rings. The third kappa shape index (κ3) is 4.77. The van der Waals surface area contributed by atoms with E-state index in [1.54, 1.807) is 0 Å². The van der Waals surface area contributed by atoms with Gasteiger partial charge < -0.3 is 10.1 Å². The van der Waals surface area contributed by atoms with Crippen LogP contribution in [-0.2, 0) is 10.0 Å². The Morgan fingerprint density at radius 3 is 2.29 bits per heavy atom. The van der Waals surface area contributed by atoms with E-state index in [9.17, 15) is 17.2 Å². The number of sulfonamides is 1. The molecule has 1 aromatic carbocycles. The predicted molar refractivity (Wildman–Crippen MR) is 76.8 cm³/mol. The quantitative estimate of drug-likeness (QED) is 0.877. The molecule has 0 radical (unpaired) electrons. The van der Waals surface area contributed by atoms with Crippen molar-refractivity contribution in [2.24, 2.45) is 0 Å². The monoisotopic (exact) mass is 342 g/mol. The summed E-state index contributed by atoms with van der Waals surface area (Å²) in [4.78, 5) is 0.142. The molecule has 1 saturated heterocycles. The largest absolute Gasteiger partial charge is 0.488 e. The van der Waals surface area contributed by atoms with E-state index in [4.69, 9.17) is 4.74 Å². The Hall–Kier alpha value is -0.960. The van der Waals surface area contributed by atoms with Gasteiger partial charge in [-0.05, 0) is 24.3 Å². The fourth-order valence-corrected chi connectivity index (χ4v) is 3.34. The minimum atomic E-state index is -3.52. The zero-order chi connectivity index (χ0) is 14.6. The Morgan fingerprint density at radius 2 is 1.76 bits per heavy atom. The molecular formula is C12H17ClF2N2O3S. The molecule has 120 valence electrons. The zero-order valence-electron chi connectivity index (χ0n) is 11.2. The van der Waals surface area contributed by atoms with Crippen LogP contribution in [0, 0.1) is 0 Å². The van der Waals surface area contributed by atoms with Crippen molar-refractivity contribution in [1.29, 1.82) is 0 Å². The highest BCUT2D eigenvalue weighted by Crippen LogP contribution is 2.20. The Morgan fingerprint density at radius 1 is 1.19 bits per heavy atom. The lowest BCUT2D eigenvalue weighted by Gasteiger charge is -2.26. The first-order valence-electron chi connectivity index (χ1n) is 6.22. The van der Waals surface area contributed by atoms with Crippen LogP contribution >= 0.6 is 12.4 Å². The van der Waals surface area contributed by atoms with Crippen molar-refractivity contribution in [3.05, 3.63) is 24.3 Å². The number of hydrogen-bond acceptors (Lipinski definition) is 4. The van der Waals surface area contributed by atoms with Crippen molar-refractivity contribution in [1.82, 2.24) is 9.62 Å². The first-order chi connectivity index (χ1) is 9.50. The Labute approximate surface area is 128 Å². The maximum atomic E-state index is 12.3. The molecule has 0 aromatic heterocycles. The molecule has 1 heterocycles. The van der Waals surface area contributed by atoms with Crippen molar-refractivity contribution in [3.8, 4) is 5.75 Å². The smallest absolute Gasteiger partial charge is 0.272 e. The SMILES string of the molecule is Cl.O=S(=O)(c1ccc(OCC(F)F)cc1)N1CCNCC1. The number of piperazine rings is 1. The summed E-state index contributed by atoms with van der Waals surface area (Å²) < 4.78 is 54.8. The normalized spacial score (nSPS) is 16.5. The number of ether oxygens (including phenoxy) is 1. The van der Waals surface area contributed by atoms with Gasteiger partial charge >= 0.3 is 0 Å². The Kier molecular flexibility index (Phi) is 6.79. The Bertz CT molecular complexity index is 534. The van der Waals surface area contributed by atoms with E-state index in [-0.39, 0.29) is 23.1 Å². The number of alkyl halides is 2. The summed E-state index contributed by atoms with van der Waals surface area (Å²) in [5, 5.41) is 3.08. The molecule has 21 heavy (non-hydrogen) atoms. The summed E-state index contributed by atoms with van der Waals surface area (Å²) in [5.74, 6) is 0.226. The van der Waals surface area contributed by atoms with E-state index in [1.165, 1.54) is 28.6 Å². The van der Waals surface area contributed by atoms with Crippen LogP contribution in [0.3, 0.4) is 0 Å². The molecule has 0 atom stereocenters. The van der Waals surface area contributed by atoms with Crippen LogP contribution in [0.1, 0.15) is 0 Å². The highest BCUT2D eigenvalue weighted by molar-refractivity contribution is 7.89. The minimum Gasteiger partial charge on any atom is -0.488 e. The second-order valence-corrected chi connectivity index (χ2v) is 6.27. The average Bonchev–Trinajstić information content (AvgIpc) is 2.46. The summed E-state index contributed by atoms with van der Waals surface area (Å²) in [6, 6.07) is 5.52. The van der Waals surface area contributed by atoms with E-state index in [2.05, 4.69) is 5.32 Å². The van der Waals surface area contributed by atoms with Crippen LogP contribution in [0.2, 0.25) is 0 Å². The van der Waals surface area contributed by atoms with Gasteiger partial charge in [-0.25, -0.2) is 17.2 Å². The third-order valence-electron chi connectivity index (χ3n) is 2.91. The van der Waals surface area contributed by atoms with E-state index in [1.807, 2.05) is 0 Å². The van der Waals surface area contributed by atoms with E-state index in [0.717, 1.165) is 0 Å². The van der Waals surface area contributed by atoms with Crippen molar-refractivity contribution >= 4 is 22.4 Å². The van der Waals surface area contributed by atoms with E-state index >= 15 is 0 Å². The van der Waals surface area contributed by atoms with Crippen molar-refractivity contribution in [2.75, 3.05) is 32.8 Å². The first kappa shape index (κ1) is 18.1. The van der Waals surface area contributed by atoms with Crippen LogP contribution in [0.5, 0.6) is 5.75 Å². The molecule has 0 aliphatic carbocycles. The summed E-state index contributed by atoms with van der Waals surface area (Å²) in [5.41, 5.74) is 0. The molecule has 1 fully saturated rings. The van der Waals surface area contributed by atoms with Gasteiger partial charge in [-0.2, -0.15) is 4.31 Å². The number of halogens is 3. The topological polar surface area (TPSA) is 58.6 Å². The summed E-state index contributed by atoms with van der Waals surface area (Å²) in [7, 11) is -3.52. The second-order valence-electron chi connectivity index (χ2n) is 4.33. The molecule has 1 aliphatic heterocycles. The number of benzene rings is 1. The molecule has 0 amide bonds. The van der Waals surface area contributed by atoms with Crippen LogP contribution in [-0.4, -0.2) is 51.9 Å². The zero-order valence-corrected chi connectivity index (χ0v) is 12.8. The van der Waals surface area contributed by atoms with E-state index in [0.29, 0.717) is 26.2 Å². The maximum Gasteiger partial charge on any atom is 0.272 e. The highest BCUT2D eigenvalue weighted by Gasteiger charge is 2.25. The molecule has 0 bridgehead atoms. The molecule has 0 saturated carbocycles. The number of nitrogens with one attached hydrogen (secondary N) is 1. The van der Waals surface area contributed by atoms with Crippen molar-refractivity contribution in [3.63, 3.8) is 0 Å². The van der Waals surface area contributed by atoms with Crippen LogP contribution < -0.4 is 10.1 Å². The van der Waals surface area contributed by atoms with Gasteiger partial charge in [-0.1, -0.05) is 0 Å². The molecule has 9 heteroatoms. The third-order valence-corrected chi connectivity index (χ3v) is 4.83. The molecule has 0 unspecified atom stereocenters. The fraction of sp³-hybridized carbons (Fsp3) is 0.500. The fourth-order valence-electron chi connectivity index (χ4n) is 1.90. The lowest BCUT2D eigenvalue weighted by molar-refractivity contribution is 0.0819. The van der Waals surface area contributed by atoms with Crippen LogP contribution in [0.25, 0.3) is 0 Å². The Balaban J connectivity index is 0.00000220. The summed E-state index contributed by atoms with van der Waals surface area (Å²) >= 11 is 0. The van der Waals surface area contributed by atoms with Gasteiger partial charge in [0, 0.05) is 26.2 Å². The second kappa shape index (κ2) is 7.88. The highest BCUT2D eigenvalue weighted by atomic mass is 35.5. The van der Waals surface area contributed by atoms with Gasteiger partial charge in [0.25, 0.3) is 6.43 Å². The molecule has 5 nitrogen and oxygen atoms in total.